The molecular formula is C14H27N5O. The van der Waals surface area contributed by atoms with Crippen molar-refractivity contribution < 1.29 is 4.74 Å². The molecule has 0 aliphatic heterocycles. The maximum absolute atomic E-state index is 5.37. The van der Waals surface area contributed by atoms with Gasteiger partial charge in [-0.2, -0.15) is 15.0 Å². The van der Waals surface area contributed by atoms with Crippen LogP contribution in [0.4, 0.5) is 11.9 Å². The number of aromatic nitrogens is 3. The first-order valence-electron chi connectivity index (χ1n) is 7.25. The van der Waals surface area contributed by atoms with Gasteiger partial charge in [0.25, 0.3) is 0 Å². The van der Waals surface area contributed by atoms with Crippen LogP contribution in [0.5, 0.6) is 6.01 Å². The van der Waals surface area contributed by atoms with Gasteiger partial charge in [0.2, 0.25) is 11.9 Å². The molecule has 0 saturated carbocycles. The molecule has 2 N–H and O–H groups in total. The van der Waals surface area contributed by atoms with Crippen molar-refractivity contribution in [3.8, 4) is 6.01 Å². The Morgan fingerprint density at radius 2 is 1.65 bits per heavy atom. The van der Waals surface area contributed by atoms with Crippen molar-refractivity contribution in [1.82, 2.24) is 15.0 Å². The quantitative estimate of drug-likeness (QED) is 0.763. The molecule has 1 aromatic rings. The van der Waals surface area contributed by atoms with Crippen LogP contribution in [0, 0.1) is 11.3 Å². The molecule has 0 bridgehead atoms. The standard InChI is InChI=1S/C14H27N5O/c1-7-15-11-17-12(19-13(18-11)20-8-2)16-9-14(5,6)10(3)4/h10H,7-9H2,1-6H3,(H2,15,16,17,18,19). The van der Waals surface area contributed by atoms with Crippen LogP contribution < -0.4 is 15.4 Å². The second kappa shape index (κ2) is 7.26. The van der Waals surface area contributed by atoms with Crippen LogP contribution in [-0.4, -0.2) is 34.6 Å². The van der Waals surface area contributed by atoms with E-state index in [9.17, 15) is 0 Å². The van der Waals surface area contributed by atoms with Gasteiger partial charge in [-0.1, -0.05) is 27.7 Å². The Morgan fingerprint density at radius 3 is 2.15 bits per heavy atom. The highest BCUT2D eigenvalue weighted by Gasteiger charge is 2.22. The Morgan fingerprint density at radius 1 is 1.05 bits per heavy atom. The van der Waals surface area contributed by atoms with Crippen molar-refractivity contribution in [1.29, 1.82) is 0 Å². The lowest BCUT2D eigenvalue weighted by Crippen LogP contribution is -2.29. The molecule has 1 rings (SSSR count). The number of rotatable bonds is 8. The third-order valence-electron chi connectivity index (χ3n) is 3.49. The molecule has 1 aromatic heterocycles. The van der Waals surface area contributed by atoms with E-state index in [0.29, 0.717) is 30.4 Å². The Labute approximate surface area is 121 Å². The molecule has 6 heteroatoms. The summed E-state index contributed by atoms with van der Waals surface area (Å²) in [5, 5.41) is 6.37. The van der Waals surface area contributed by atoms with E-state index < -0.39 is 0 Å². The van der Waals surface area contributed by atoms with Gasteiger partial charge in [0.05, 0.1) is 6.61 Å². The Balaban J connectivity index is 2.82. The highest BCUT2D eigenvalue weighted by atomic mass is 16.5. The molecule has 6 nitrogen and oxygen atoms in total. The molecule has 0 aliphatic carbocycles. The minimum atomic E-state index is 0.163. The summed E-state index contributed by atoms with van der Waals surface area (Å²) in [5.41, 5.74) is 0.163. The van der Waals surface area contributed by atoms with Gasteiger partial charge in [0, 0.05) is 13.1 Å². The zero-order valence-electron chi connectivity index (χ0n) is 13.4. The normalized spacial score (nSPS) is 11.6. The lowest BCUT2D eigenvalue weighted by atomic mass is 9.81. The first-order chi connectivity index (χ1) is 9.39. The minimum absolute atomic E-state index is 0.163. The monoisotopic (exact) mass is 281 g/mol. The average molecular weight is 281 g/mol. The lowest BCUT2D eigenvalue weighted by molar-refractivity contribution is 0.268. The fourth-order valence-corrected chi connectivity index (χ4v) is 1.38. The lowest BCUT2D eigenvalue weighted by Gasteiger charge is -2.29. The molecule has 0 atom stereocenters. The predicted molar refractivity (Wildman–Crippen MR) is 82.3 cm³/mol. The van der Waals surface area contributed by atoms with E-state index in [4.69, 9.17) is 4.74 Å². The van der Waals surface area contributed by atoms with E-state index in [0.717, 1.165) is 13.1 Å². The molecule has 0 radical (unpaired) electrons. The first kappa shape index (κ1) is 16.5. The van der Waals surface area contributed by atoms with Crippen molar-refractivity contribution in [2.24, 2.45) is 11.3 Å². The highest BCUT2D eigenvalue weighted by Crippen LogP contribution is 2.26. The Hall–Kier alpha value is -1.59. The topological polar surface area (TPSA) is 72.0 Å². The molecule has 20 heavy (non-hydrogen) atoms. The van der Waals surface area contributed by atoms with Gasteiger partial charge >= 0.3 is 6.01 Å². The molecular weight excluding hydrogens is 254 g/mol. The van der Waals surface area contributed by atoms with E-state index in [1.54, 1.807) is 0 Å². The maximum atomic E-state index is 5.37. The summed E-state index contributed by atoms with van der Waals surface area (Å²) in [4.78, 5) is 12.8. The van der Waals surface area contributed by atoms with E-state index >= 15 is 0 Å². The van der Waals surface area contributed by atoms with Crippen LogP contribution in [0.25, 0.3) is 0 Å². The summed E-state index contributed by atoms with van der Waals surface area (Å²) < 4.78 is 5.37. The van der Waals surface area contributed by atoms with Crippen molar-refractivity contribution >= 4 is 11.9 Å². The summed E-state index contributed by atoms with van der Waals surface area (Å²) in [6, 6.07) is 0.350. The largest absolute Gasteiger partial charge is 0.464 e. The van der Waals surface area contributed by atoms with Crippen LogP contribution in [0.1, 0.15) is 41.5 Å². The number of nitrogens with one attached hydrogen (secondary N) is 2. The number of ether oxygens (including phenoxy) is 1. The van der Waals surface area contributed by atoms with Crippen molar-refractivity contribution in [3.05, 3.63) is 0 Å². The van der Waals surface area contributed by atoms with Crippen molar-refractivity contribution in [2.45, 2.75) is 41.5 Å². The van der Waals surface area contributed by atoms with E-state index in [-0.39, 0.29) is 5.41 Å². The third kappa shape index (κ3) is 4.83. The fourth-order valence-electron chi connectivity index (χ4n) is 1.38. The highest BCUT2D eigenvalue weighted by molar-refractivity contribution is 5.35. The van der Waals surface area contributed by atoms with Crippen molar-refractivity contribution in [3.63, 3.8) is 0 Å². The smallest absolute Gasteiger partial charge is 0.323 e. The molecule has 0 saturated heterocycles. The van der Waals surface area contributed by atoms with Gasteiger partial charge in [-0.25, -0.2) is 0 Å². The summed E-state index contributed by atoms with van der Waals surface area (Å²) >= 11 is 0. The van der Waals surface area contributed by atoms with E-state index in [2.05, 4.69) is 53.3 Å². The predicted octanol–water partition coefficient (Wildman–Crippen LogP) is 2.80. The number of hydrogen-bond donors (Lipinski definition) is 2. The van der Waals surface area contributed by atoms with Crippen LogP contribution in [-0.2, 0) is 0 Å². The van der Waals surface area contributed by atoms with Gasteiger partial charge < -0.3 is 15.4 Å². The molecule has 1 heterocycles. The Bertz CT molecular complexity index is 396. The number of hydrogen-bond acceptors (Lipinski definition) is 6. The maximum Gasteiger partial charge on any atom is 0.323 e. The summed E-state index contributed by atoms with van der Waals surface area (Å²) in [5.74, 6) is 1.65. The SMILES string of the molecule is CCNc1nc(NCC(C)(C)C(C)C)nc(OCC)n1. The zero-order valence-corrected chi connectivity index (χ0v) is 13.4. The van der Waals surface area contributed by atoms with Gasteiger partial charge in [0.15, 0.2) is 0 Å². The van der Waals surface area contributed by atoms with Gasteiger partial charge in [-0.15, -0.1) is 0 Å². The van der Waals surface area contributed by atoms with Crippen LogP contribution in [0.2, 0.25) is 0 Å². The van der Waals surface area contributed by atoms with E-state index in [1.807, 2.05) is 13.8 Å². The fraction of sp³-hybridized carbons (Fsp3) is 0.786. The van der Waals surface area contributed by atoms with Crippen molar-refractivity contribution in [2.75, 3.05) is 30.3 Å². The number of anilines is 2. The van der Waals surface area contributed by atoms with Crippen LogP contribution >= 0.6 is 0 Å². The zero-order chi connectivity index (χ0) is 15.2. The average Bonchev–Trinajstić information content (AvgIpc) is 2.37. The van der Waals surface area contributed by atoms with Crippen LogP contribution in [0.15, 0.2) is 0 Å². The van der Waals surface area contributed by atoms with Gasteiger partial charge in [-0.05, 0) is 25.2 Å². The Kier molecular flexibility index (Phi) is 5.98. The minimum Gasteiger partial charge on any atom is -0.464 e. The second-order valence-corrected chi connectivity index (χ2v) is 5.73. The molecule has 0 amide bonds. The molecule has 0 aliphatic rings. The number of nitrogens with zero attached hydrogens (tertiary/aromatic N) is 3. The first-order valence-corrected chi connectivity index (χ1v) is 7.25. The molecule has 114 valence electrons. The summed E-state index contributed by atoms with van der Waals surface area (Å²) in [7, 11) is 0. The van der Waals surface area contributed by atoms with Crippen LogP contribution in [0.3, 0.4) is 0 Å². The molecule has 0 fully saturated rings. The van der Waals surface area contributed by atoms with E-state index in [1.165, 1.54) is 0 Å². The molecule has 0 unspecified atom stereocenters. The summed E-state index contributed by atoms with van der Waals surface area (Å²) in [6.07, 6.45) is 0. The van der Waals surface area contributed by atoms with Gasteiger partial charge in [-0.3, -0.25) is 0 Å². The third-order valence-corrected chi connectivity index (χ3v) is 3.49. The summed E-state index contributed by atoms with van der Waals surface area (Å²) in [6.45, 7) is 14.9. The molecule has 0 spiro atoms. The molecule has 0 aromatic carbocycles. The van der Waals surface area contributed by atoms with Gasteiger partial charge in [0.1, 0.15) is 0 Å². The second-order valence-electron chi connectivity index (χ2n) is 5.73.